The lowest BCUT2D eigenvalue weighted by molar-refractivity contribution is -0.131. The van der Waals surface area contributed by atoms with Crippen LogP contribution in [0.1, 0.15) is 12.1 Å². The molecule has 5 rings (SSSR count). The average Bonchev–Trinajstić information content (AvgIpc) is 3.60. The maximum absolute atomic E-state index is 12.7. The second-order valence-corrected chi connectivity index (χ2v) is 9.84. The van der Waals surface area contributed by atoms with Gasteiger partial charge >= 0.3 is 0 Å². The molecular formula is C23H32N6O2S. The van der Waals surface area contributed by atoms with E-state index in [4.69, 9.17) is 9.84 Å². The summed E-state index contributed by atoms with van der Waals surface area (Å²) in [5.74, 6) is 4.18. The fraction of sp³-hybridized carbons (Fsp3) is 0.565. The van der Waals surface area contributed by atoms with E-state index in [-0.39, 0.29) is 11.9 Å². The minimum absolute atomic E-state index is 0.0177. The Morgan fingerprint density at radius 1 is 1.16 bits per heavy atom. The summed E-state index contributed by atoms with van der Waals surface area (Å²) in [5.41, 5.74) is 2.05. The van der Waals surface area contributed by atoms with E-state index >= 15 is 0 Å². The lowest BCUT2D eigenvalue weighted by atomic mass is 10.1. The first-order valence-corrected chi connectivity index (χ1v) is 12.6. The summed E-state index contributed by atoms with van der Waals surface area (Å²) in [6.45, 7) is 7.75. The number of methoxy groups -OCH3 is 1. The molecule has 1 amide bonds. The smallest absolute Gasteiger partial charge is 0.240 e. The Morgan fingerprint density at radius 3 is 2.62 bits per heavy atom. The molecule has 0 spiro atoms. The van der Waals surface area contributed by atoms with Crippen LogP contribution in [-0.4, -0.2) is 95.6 Å². The molecule has 0 saturated carbocycles. The number of amides is 1. The van der Waals surface area contributed by atoms with Crippen LogP contribution in [0.3, 0.4) is 0 Å². The normalized spacial score (nSPS) is 24.3. The molecular weight excluding hydrogens is 424 g/mol. The van der Waals surface area contributed by atoms with Gasteiger partial charge in [0.25, 0.3) is 0 Å². The molecule has 2 aromatic rings. The fourth-order valence-electron chi connectivity index (χ4n) is 4.93. The third-order valence-electron chi connectivity index (χ3n) is 6.75. The van der Waals surface area contributed by atoms with Crippen LogP contribution in [-0.2, 0) is 4.79 Å². The third-order valence-corrected chi connectivity index (χ3v) is 7.72. The highest BCUT2D eigenvalue weighted by atomic mass is 32.2. The summed E-state index contributed by atoms with van der Waals surface area (Å²) in [6, 6.07) is 10.6. The van der Waals surface area contributed by atoms with E-state index in [1.54, 1.807) is 7.11 Å². The number of ether oxygens (including phenoxy) is 1. The van der Waals surface area contributed by atoms with Crippen molar-refractivity contribution in [3.63, 3.8) is 0 Å². The van der Waals surface area contributed by atoms with Crippen LogP contribution in [0.5, 0.6) is 5.75 Å². The summed E-state index contributed by atoms with van der Waals surface area (Å²) in [5, 5.41) is 8.23. The third kappa shape index (κ3) is 4.33. The quantitative estimate of drug-likeness (QED) is 0.733. The van der Waals surface area contributed by atoms with Crippen molar-refractivity contribution < 1.29 is 9.53 Å². The van der Waals surface area contributed by atoms with Gasteiger partial charge in [-0.1, -0.05) is 0 Å². The van der Waals surface area contributed by atoms with Gasteiger partial charge in [0.1, 0.15) is 11.6 Å². The van der Waals surface area contributed by atoms with Crippen LogP contribution in [0.2, 0.25) is 0 Å². The highest BCUT2D eigenvalue weighted by molar-refractivity contribution is 7.99. The van der Waals surface area contributed by atoms with Gasteiger partial charge in [-0.25, -0.2) is 4.68 Å². The second kappa shape index (κ2) is 9.33. The molecule has 8 nitrogen and oxygen atoms in total. The van der Waals surface area contributed by atoms with E-state index in [1.165, 1.54) is 0 Å². The van der Waals surface area contributed by atoms with Crippen molar-refractivity contribution in [2.24, 2.45) is 0 Å². The summed E-state index contributed by atoms with van der Waals surface area (Å²) >= 11 is 1.85. The van der Waals surface area contributed by atoms with Gasteiger partial charge < -0.3 is 19.9 Å². The highest BCUT2D eigenvalue weighted by Crippen LogP contribution is 2.26. The average molecular weight is 457 g/mol. The van der Waals surface area contributed by atoms with Crippen molar-refractivity contribution in [2.75, 3.05) is 62.9 Å². The van der Waals surface area contributed by atoms with Gasteiger partial charge in [-0.15, -0.1) is 11.8 Å². The van der Waals surface area contributed by atoms with Crippen LogP contribution in [0.25, 0.3) is 5.69 Å². The first-order chi connectivity index (χ1) is 15.6. The number of nitrogens with zero attached hydrogens (tertiary/aromatic N) is 5. The molecule has 0 aliphatic carbocycles. The predicted molar refractivity (Wildman–Crippen MR) is 128 cm³/mol. The minimum atomic E-state index is -0.0177. The number of hydrogen-bond donors (Lipinski definition) is 1. The van der Waals surface area contributed by atoms with Crippen molar-refractivity contribution in [1.82, 2.24) is 24.9 Å². The summed E-state index contributed by atoms with van der Waals surface area (Å²) in [6.07, 6.45) is 0.920. The van der Waals surface area contributed by atoms with E-state index in [2.05, 4.69) is 21.2 Å². The maximum atomic E-state index is 12.7. The molecule has 9 heteroatoms. The lowest BCUT2D eigenvalue weighted by Gasteiger charge is -2.38. The van der Waals surface area contributed by atoms with Gasteiger partial charge in [0.15, 0.2) is 0 Å². The number of carbonyl (C=O) groups is 1. The maximum Gasteiger partial charge on any atom is 0.240 e. The van der Waals surface area contributed by atoms with E-state index in [1.807, 2.05) is 52.5 Å². The Morgan fingerprint density at radius 2 is 1.94 bits per heavy atom. The first-order valence-electron chi connectivity index (χ1n) is 11.4. The Bertz CT molecular complexity index is 934. The van der Waals surface area contributed by atoms with Gasteiger partial charge in [0.05, 0.1) is 30.4 Å². The van der Waals surface area contributed by atoms with E-state index in [9.17, 15) is 4.79 Å². The van der Waals surface area contributed by atoms with Gasteiger partial charge in [0.2, 0.25) is 5.91 Å². The van der Waals surface area contributed by atoms with Crippen LogP contribution in [0.4, 0.5) is 5.82 Å². The van der Waals surface area contributed by atoms with E-state index in [0.717, 1.165) is 80.3 Å². The van der Waals surface area contributed by atoms with E-state index in [0.29, 0.717) is 6.04 Å². The monoisotopic (exact) mass is 456 g/mol. The molecule has 1 aromatic carbocycles. The lowest BCUT2D eigenvalue weighted by Crippen LogP contribution is -2.51. The van der Waals surface area contributed by atoms with Gasteiger partial charge in [-0.3, -0.25) is 9.69 Å². The number of aryl methyl sites for hydroxylation is 1. The van der Waals surface area contributed by atoms with Crippen molar-refractivity contribution in [3.8, 4) is 11.4 Å². The van der Waals surface area contributed by atoms with Gasteiger partial charge in [0, 0.05) is 57.1 Å². The zero-order valence-corrected chi connectivity index (χ0v) is 19.7. The van der Waals surface area contributed by atoms with Crippen molar-refractivity contribution in [3.05, 3.63) is 36.0 Å². The topological polar surface area (TPSA) is 65.9 Å². The Labute approximate surface area is 193 Å². The molecule has 1 aromatic heterocycles. The molecule has 3 aliphatic heterocycles. The minimum Gasteiger partial charge on any atom is -0.497 e. The number of benzene rings is 1. The number of piperazine rings is 1. The zero-order valence-electron chi connectivity index (χ0n) is 18.9. The zero-order chi connectivity index (χ0) is 22.1. The predicted octanol–water partition coefficient (Wildman–Crippen LogP) is 1.57. The molecule has 172 valence electrons. The van der Waals surface area contributed by atoms with Crippen LogP contribution >= 0.6 is 11.8 Å². The molecule has 0 bridgehead atoms. The molecule has 3 aliphatic rings. The number of anilines is 1. The first kappa shape index (κ1) is 21.6. The number of nitrogens with one attached hydrogen (secondary N) is 1. The number of carbonyl (C=O) groups excluding carboxylic acids is 1. The fourth-order valence-corrected chi connectivity index (χ4v) is 5.89. The Kier molecular flexibility index (Phi) is 6.30. The highest BCUT2D eigenvalue weighted by Gasteiger charge is 2.36. The van der Waals surface area contributed by atoms with Gasteiger partial charge in [-0.05, 0) is 37.6 Å². The van der Waals surface area contributed by atoms with Crippen molar-refractivity contribution in [2.45, 2.75) is 25.4 Å². The molecule has 2 atom stereocenters. The number of rotatable bonds is 5. The van der Waals surface area contributed by atoms with Crippen molar-refractivity contribution in [1.29, 1.82) is 0 Å². The number of thioether (sulfide) groups is 1. The van der Waals surface area contributed by atoms with Crippen LogP contribution in [0.15, 0.2) is 30.3 Å². The molecule has 32 heavy (non-hydrogen) atoms. The Balaban J connectivity index is 1.20. The SMILES string of the molecule is COc1ccc(-n2nc(C)cc2N2CCN([C@@H]3CN[C@H](C(=O)N4CCSC4)C3)CC2)cc1. The molecule has 0 radical (unpaired) electrons. The van der Waals surface area contributed by atoms with Crippen LogP contribution < -0.4 is 15.0 Å². The molecule has 0 unspecified atom stereocenters. The largest absolute Gasteiger partial charge is 0.497 e. The van der Waals surface area contributed by atoms with E-state index < -0.39 is 0 Å². The number of aromatic nitrogens is 2. The van der Waals surface area contributed by atoms with Crippen LogP contribution in [0, 0.1) is 6.92 Å². The summed E-state index contributed by atoms with van der Waals surface area (Å²) in [4.78, 5) is 19.7. The number of hydrogen-bond acceptors (Lipinski definition) is 7. The molecule has 3 fully saturated rings. The molecule has 1 N–H and O–H groups in total. The summed E-state index contributed by atoms with van der Waals surface area (Å²) < 4.78 is 7.33. The second-order valence-electron chi connectivity index (χ2n) is 8.77. The molecule has 3 saturated heterocycles. The molecule has 4 heterocycles. The summed E-state index contributed by atoms with van der Waals surface area (Å²) in [7, 11) is 1.68. The Hall–Kier alpha value is -2.23. The van der Waals surface area contributed by atoms with Crippen molar-refractivity contribution >= 4 is 23.5 Å². The van der Waals surface area contributed by atoms with Gasteiger partial charge in [-0.2, -0.15) is 5.10 Å². The standard InChI is InChI=1S/C23H32N6O2S/c1-17-13-22(29(25-17)18-3-5-20(31-2)6-4-18)27-9-7-26(8-10-27)19-14-21(24-15-19)23(30)28-11-12-32-16-28/h3-6,13,19,21,24H,7-12,14-16H2,1-2H3/t19-,21-/m0/s1.